The maximum atomic E-state index is 13.6. The molecule has 2 atom stereocenters. The first-order chi connectivity index (χ1) is 21.3. The van der Waals surface area contributed by atoms with Crippen molar-refractivity contribution in [3.05, 3.63) is 96.1 Å². The van der Waals surface area contributed by atoms with E-state index in [1.807, 2.05) is 30.3 Å². The summed E-state index contributed by atoms with van der Waals surface area (Å²) < 4.78 is 32.1. The number of aromatic nitrogens is 2. The van der Waals surface area contributed by atoms with Gasteiger partial charge in [0.25, 0.3) is 5.89 Å². The molecule has 1 aliphatic heterocycles. The van der Waals surface area contributed by atoms with E-state index in [1.54, 1.807) is 42.5 Å². The molecule has 1 unspecified atom stereocenters. The molecule has 2 aromatic heterocycles. The van der Waals surface area contributed by atoms with Crippen LogP contribution in [0.25, 0.3) is 11.1 Å². The number of rotatable bonds is 13. The minimum absolute atomic E-state index is 0.0740. The number of pyridine rings is 1. The Morgan fingerprint density at radius 1 is 0.955 bits per heavy atom. The van der Waals surface area contributed by atoms with E-state index in [0.717, 1.165) is 5.56 Å². The molecule has 3 N–H and O–H groups in total. The van der Waals surface area contributed by atoms with Gasteiger partial charge in [-0.3, -0.25) is 19.4 Å². The highest BCUT2D eigenvalue weighted by Crippen LogP contribution is 2.20. The van der Waals surface area contributed by atoms with Crippen LogP contribution < -0.4 is 16.0 Å². The third-order valence-electron chi connectivity index (χ3n) is 7.58. The van der Waals surface area contributed by atoms with Crippen molar-refractivity contribution < 1.29 is 27.2 Å². The predicted octanol–water partition coefficient (Wildman–Crippen LogP) is 2.48. The third kappa shape index (κ3) is 8.35. The number of sulfone groups is 1. The number of fused-ring (bicyclic) bond motifs is 1. The van der Waals surface area contributed by atoms with E-state index in [4.69, 9.17) is 4.42 Å². The second-order valence-corrected chi connectivity index (χ2v) is 13.1. The van der Waals surface area contributed by atoms with Crippen molar-refractivity contribution in [1.29, 1.82) is 0 Å². The second-order valence-electron chi connectivity index (χ2n) is 10.9. The van der Waals surface area contributed by atoms with Crippen LogP contribution in [0.2, 0.25) is 0 Å². The van der Waals surface area contributed by atoms with Gasteiger partial charge in [0.1, 0.15) is 11.6 Å². The smallest absolute Gasteiger partial charge is 0.264 e. The highest BCUT2D eigenvalue weighted by atomic mass is 32.2. The Balaban J connectivity index is 1.34. The van der Waals surface area contributed by atoms with Crippen LogP contribution in [0.15, 0.2) is 83.4 Å². The number of ketones is 1. The predicted molar refractivity (Wildman–Crippen MR) is 164 cm³/mol. The highest BCUT2D eigenvalue weighted by Gasteiger charge is 2.32. The van der Waals surface area contributed by atoms with Gasteiger partial charge in [0, 0.05) is 24.6 Å². The molecule has 2 aromatic carbocycles. The van der Waals surface area contributed by atoms with Crippen LogP contribution in [0.5, 0.6) is 0 Å². The molecular weight excluding hydrogens is 582 g/mol. The maximum absolute atomic E-state index is 13.6. The van der Waals surface area contributed by atoms with Crippen molar-refractivity contribution in [3.8, 4) is 0 Å². The SMILES string of the molecule is O=C(N[C@@H](CS(=O)(=O)Cc1ccccn1)C(=O)NCC(Cc1ccccc1)C(=O)c1nc2ccccc2o1)C1CCNCC1. The lowest BCUT2D eigenvalue weighted by Gasteiger charge is -2.25. The molecule has 1 aliphatic rings. The standard InChI is InChI=1S/C32H35N5O6S/c38-29(32-37-26-11-4-5-12-28(26)43-32)24(18-22-8-2-1-3-9-22)19-35-31(40)27(36-30(39)23-13-16-33-17-14-23)21-44(41,42)20-25-10-6-7-15-34-25/h1-12,15,23-24,27,33H,13-14,16-21H2,(H,35,40)(H,36,39)/t24?,27-/m0/s1. The molecular formula is C32H35N5O6S. The fraction of sp³-hybridized carbons (Fsp3) is 0.344. The van der Waals surface area contributed by atoms with Crippen LogP contribution in [0.3, 0.4) is 0 Å². The number of benzene rings is 2. The van der Waals surface area contributed by atoms with E-state index < -0.39 is 39.2 Å². The Labute approximate surface area is 255 Å². The summed E-state index contributed by atoms with van der Waals surface area (Å²) in [5, 5.41) is 8.62. The zero-order valence-electron chi connectivity index (χ0n) is 24.1. The van der Waals surface area contributed by atoms with E-state index in [1.165, 1.54) is 6.20 Å². The van der Waals surface area contributed by atoms with Crippen molar-refractivity contribution in [3.63, 3.8) is 0 Å². The summed E-state index contributed by atoms with van der Waals surface area (Å²) in [5.41, 5.74) is 2.21. The lowest BCUT2D eigenvalue weighted by molar-refractivity contribution is -0.131. The first-order valence-corrected chi connectivity index (χ1v) is 16.4. The highest BCUT2D eigenvalue weighted by molar-refractivity contribution is 7.90. The summed E-state index contributed by atoms with van der Waals surface area (Å²) in [6, 6.07) is 20.0. The Morgan fingerprint density at radius 2 is 1.68 bits per heavy atom. The number of piperidine rings is 1. The monoisotopic (exact) mass is 617 g/mol. The van der Waals surface area contributed by atoms with Gasteiger partial charge in [0.2, 0.25) is 17.6 Å². The second kappa shape index (κ2) is 14.4. The fourth-order valence-electron chi connectivity index (χ4n) is 5.23. The molecule has 0 saturated carbocycles. The number of nitrogens with zero attached hydrogens (tertiary/aromatic N) is 2. The van der Waals surface area contributed by atoms with Crippen LogP contribution in [-0.2, 0) is 31.6 Å². The van der Waals surface area contributed by atoms with Gasteiger partial charge in [0.05, 0.1) is 17.2 Å². The molecule has 44 heavy (non-hydrogen) atoms. The van der Waals surface area contributed by atoms with E-state index in [9.17, 15) is 22.8 Å². The Kier molecular flexibility index (Phi) is 10.1. The number of para-hydroxylation sites is 2. The molecule has 12 heteroatoms. The lowest BCUT2D eigenvalue weighted by atomic mass is 9.94. The lowest BCUT2D eigenvalue weighted by Crippen LogP contribution is -2.53. The van der Waals surface area contributed by atoms with Gasteiger partial charge in [-0.1, -0.05) is 48.5 Å². The average molecular weight is 618 g/mol. The van der Waals surface area contributed by atoms with Gasteiger partial charge in [-0.2, -0.15) is 0 Å². The third-order valence-corrected chi connectivity index (χ3v) is 9.16. The van der Waals surface area contributed by atoms with Crippen molar-refractivity contribution in [2.24, 2.45) is 11.8 Å². The maximum Gasteiger partial charge on any atom is 0.264 e. The first-order valence-electron chi connectivity index (χ1n) is 14.6. The molecule has 4 aromatic rings. The van der Waals surface area contributed by atoms with E-state index in [-0.39, 0.29) is 36.4 Å². The molecule has 11 nitrogen and oxygen atoms in total. The van der Waals surface area contributed by atoms with Crippen LogP contribution in [0.4, 0.5) is 0 Å². The molecule has 2 amide bonds. The van der Waals surface area contributed by atoms with Gasteiger partial charge in [0.15, 0.2) is 15.4 Å². The largest absolute Gasteiger partial charge is 0.434 e. The summed E-state index contributed by atoms with van der Waals surface area (Å²) >= 11 is 0. The Bertz CT molecular complexity index is 1650. The zero-order valence-corrected chi connectivity index (χ0v) is 25.0. The molecule has 230 valence electrons. The number of Topliss-reactive ketones (excluding diaryl/α,β-unsaturated/α-hetero) is 1. The summed E-state index contributed by atoms with van der Waals surface area (Å²) in [4.78, 5) is 48.8. The summed E-state index contributed by atoms with van der Waals surface area (Å²) in [7, 11) is -3.86. The summed E-state index contributed by atoms with van der Waals surface area (Å²) in [6.07, 6.45) is 2.94. The number of amides is 2. The molecule has 0 bridgehead atoms. The Hall–Kier alpha value is -4.42. The molecule has 5 rings (SSSR count). The average Bonchev–Trinajstić information content (AvgIpc) is 3.48. The molecule has 3 heterocycles. The summed E-state index contributed by atoms with van der Waals surface area (Å²) in [6.45, 7) is 1.20. The van der Waals surface area contributed by atoms with E-state index in [2.05, 4.69) is 25.9 Å². The van der Waals surface area contributed by atoms with E-state index >= 15 is 0 Å². The zero-order chi connectivity index (χ0) is 30.9. The molecule has 0 aliphatic carbocycles. The number of oxazole rings is 1. The molecule has 0 radical (unpaired) electrons. The van der Waals surface area contributed by atoms with Crippen LogP contribution >= 0.6 is 0 Å². The fourth-order valence-corrected chi connectivity index (χ4v) is 6.72. The topological polar surface area (TPSA) is 160 Å². The molecule has 1 saturated heterocycles. The van der Waals surface area contributed by atoms with Crippen LogP contribution in [0, 0.1) is 11.8 Å². The van der Waals surface area contributed by atoms with Gasteiger partial charge >= 0.3 is 0 Å². The van der Waals surface area contributed by atoms with Gasteiger partial charge in [-0.25, -0.2) is 13.4 Å². The van der Waals surface area contributed by atoms with Crippen molar-refractivity contribution in [1.82, 2.24) is 25.9 Å². The minimum atomic E-state index is -3.86. The first kappa shape index (κ1) is 31.0. The minimum Gasteiger partial charge on any atom is -0.434 e. The van der Waals surface area contributed by atoms with Gasteiger partial charge in [-0.05, 0) is 62.2 Å². The quantitative estimate of drug-likeness (QED) is 0.192. The number of hydrogen-bond donors (Lipinski definition) is 3. The van der Waals surface area contributed by atoms with Gasteiger partial charge < -0.3 is 20.4 Å². The van der Waals surface area contributed by atoms with Gasteiger partial charge in [-0.15, -0.1) is 0 Å². The van der Waals surface area contributed by atoms with E-state index in [0.29, 0.717) is 42.7 Å². The number of carbonyl (C=O) groups excluding carboxylic acids is 3. The Morgan fingerprint density at radius 3 is 2.41 bits per heavy atom. The number of nitrogens with one attached hydrogen (secondary N) is 3. The summed E-state index contributed by atoms with van der Waals surface area (Å²) in [5.74, 6) is -3.64. The number of hydrogen-bond acceptors (Lipinski definition) is 9. The van der Waals surface area contributed by atoms with Crippen molar-refractivity contribution in [2.45, 2.75) is 31.1 Å². The van der Waals surface area contributed by atoms with Crippen molar-refractivity contribution in [2.75, 3.05) is 25.4 Å². The van der Waals surface area contributed by atoms with Crippen LogP contribution in [-0.4, -0.2) is 67.4 Å². The number of carbonyl (C=O) groups is 3. The molecule has 0 spiro atoms. The van der Waals surface area contributed by atoms with Crippen LogP contribution in [0.1, 0.15) is 34.8 Å². The normalized spacial score (nSPS) is 15.4. The molecule has 1 fully saturated rings. The van der Waals surface area contributed by atoms with Crippen molar-refractivity contribution >= 4 is 38.5 Å².